The fourth-order valence-electron chi connectivity index (χ4n) is 3.68. The van der Waals surface area contributed by atoms with Gasteiger partial charge in [-0.25, -0.2) is 14.2 Å². The summed E-state index contributed by atoms with van der Waals surface area (Å²) in [5, 5.41) is 9.60. The Morgan fingerprint density at radius 3 is 2.69 bits per heavy atom. The lowest BCUT2D eigenvalue weighted by Crippen LogP contribution is -2.48. The predicted molar refractivity (Wildman–Crippen MR) is 116 cm³/mol. The van der Waals surface area contributed by atoms with Crippen molar-refractivity contribution in [3.8, 4) is 0 Å². The van der Waals surface area contributed by atoms with Crippen molar-refractivity contribution >= 4 is 17.6 Å². The Bertz CT molecular complexity index is 688. The summed E-state index contributed by atoms with van der Waals surface area (Å²) >= 11 is 0. The molecule has 0 bridgehead atoms. The summed E-state index contributed by atoms with van der Waals surface area (Å²) in [5.41, 5.74) is 2.14. The van der Waals surface area contributed by atoms with Gasteiger partial charge < -0.3 is 20.7 Å². The Labute approximate surface area is 174 Å². The Hall–Kier alpha value is -2.05. The van der Waals surface area contributed by atoms with Crippen molar-refractivity contribution in [3.05, 3.63) is 17.8 Å². The molecule has 2 rings (SSSR count). The molecule has 6 nitrogen and oxygen atoms in total. The maximum Gasteiger partial charge on any atom is 0.407 e. The van der Waals surface area contributed by atoms with E-state index in [4.69, 9.17) is 9.72 Å². The fourth-order valence-corrected chi connectivity index (χ4v) is 3.68. The number of hydrogen-bond donors (Lipinski definition) is 3. The van der Waals surface area contributed by atoms with E-state index in [1.165, 1.54) is 0 Å². The number of hydrogen-bond acceptors (Lipinski definition) is 5. The van der Waals surface area contributed by atoms with Gasteiger partial charge in [-0.2, -0.15) is 0 Å². The van der Waals surface area contributed by atoms with E-state index in [0.29, 0.717) is 0 Å². The molecule has 1 saturated carbocycles. The van der Waals surface area contributed by atoms with Crippen LogP contribution in [0.4, 0.5) is 20.7 Å². The molecule has 2 atom stereocenters. The number of alkyl halides is 1. The molecule has 0 radical (unpaired) electrons. The Kier molecular flexibility index (Phi) is 7.72. The summed E-state index contributed by atoms with van der Waals surface area (Å²) in [4.78, 5) is 16.8. The molecule has 0 saturated heterocycles. The van der Waals surface area contributed by atoms with E-state index in [1.54, 1.807) is 0 Å². The monoisotopic (exact) mass is 408 g/mol. The number of pyridine rings is 1. The summed E-state index contributed by atoms with van der Waals surface area (Å²) < 4.78 is 17.1. The highest BCUT2D eigenvalue weighted by atomic mass is 19.1. The van der Waals surface area contributed by atoms with Crippen molar-refractivity contribution < 1.29 is 13.9 Å². The third-order valence-electron chi connectivity index (χ3n) is 5.58. The molecule has 0 aliphatic heterocycles. The topological polar surface area (TPSA) is 75.3 Å². The molecule has 1 heterocycles. The zero-order valence-electron chi connectivity index (χ0n) is 18.7. The van der Waals surface area contributed by atoms with E-state index < -0.39 is 12.8 Å². The van der Waals surface area contributed by atoms with E-state index in [2.05, 4.69) is 62.7 Å². The Morgan fingerprint density at radius 2 is 2.07 bits per heavy atom. The molecular formula is C22H37FN4O2. The lowest BCUT2D eigenvalue weighted by molar-refractivity contribution is 0.105. The molecule has 0 spiro atoms. The van der Waals surface area contributed by atoms with E-state index >= 15 is 0 Å². The van der Waals surface area contributed by atoms with Crippen LogP contribution in [0.25, 0.3) is 0 Å². The summed E-state index contributed by atoms with van der Waals surface area (Å²) in [5.74, 6) is 1.08. The van der Waals surface area contributed by atoms with E-state index in [-0.39, 0.29) is 29.4 Å². The molecule has 2 unspecified atom stereocenters. The number of carbonyl (C=O) groups excluding carboxylic acids is 1. The van der Waals surface area contributed by atoms with Crippen molar-refractivity contribution in [2.75, 3.05) is 37.5 Å². The van der Waals surface area contributed by atoms with Crippen molar-refractivity contribution in [2.24, 2.45) is 10.8 Å². The van der Waals surface area contributed by atoms with Crippen molar-refractivity contribution in [1.29, 1.82) is 0 Å². The van der Waals surface area contributed by atoms with Crippen molar-refractivity contribution in [3.63, 3.8) is 0 Å². The number of nitrogens with zero attached hydrogens (tertiary/aromatic N) is 1. The van der Waals surface area contributed by atoms with E-state index in [9.17, 15) is 9.18 Å². The van der Waals surface area contributed by atoms with Gasteiger partial charge in [0.15, 0.2) is 0 Å². The largest absolute Gasteiger partial charge is 0.447 e. The number of alkyl carbamates (subject to hydrolysis) is 1. The lowest BCUT2D eigenvalue weighted by Gasteiger charge is -2.42. The molecule has 0 aromatic carbocycles. The van der Waals surface area contributed by atoms with Crippen LogP contribution >= 0.6 is 0 Å². The highest BCUT2D eigenvalue weighted by Gasteiger charge is 2.38. The van der Waals surface area contributed by atoms with Gasteiger partial charge in [-0.05, 0) is 42.2 Å². The first-order valence-corrected chi connectivity index (χ1v) is 10.5. The molecule has 164 valence electrons. The molecule has 1 aromatic rings. The SMILES string of the molecule is CNc1nc(C2CCC(C)(C)C(NC(=O)OCCF)C2)ccc1NCC(C)(C)C. The smallest absolute Gasteiger partial charge is 0.407 e. The van der Waals surface area contributed by atoms with E-state index in [1.807, 2.05) is 7.05 Å². The molecular weight excluding hydrogens is 371 g/mol. The fraction of sp³-hybridized carbons (Fsp3) is 0.727. The Morgan fingerprint density at radius 1 is 1.34 bits per heavy atom. The minimum absolute atomic E-state index is 0.0492. The van der Waals surface area contributed by atoms with Crippen molar-refractivity contribution in [2.45, 2.75) is 65.8 Å². The van der Waals surface area contributed by atoms with Gasteiger partial charge in [0.2, 0.25) is 0 Å². The molecule has 7 heteroatoms. The first kappa shape index (κ1) is 23.2. The number of nitrogens with one attached hydrogen (secondary N) is 3. The number of anilines is 2. The van der Waals surface area contributed by atoms with Crippen molar-refractivity contribution in [1.82, 2.24) is 10.3 Å². The Balaban J connectivity index is 2.11. The normalized spacial score (nSPS) is 21.3. The maximum atomic E-state index is 12.3. The number of halogens is 1. The van der Waals surface area contributed by atoms with Gasteiger partial charge in [-0.1, -0.05) is 34.6 Å². The average Bonchev–Trinajstić information content (AvgIpc) is 2.65. The summed E-state index contributed by atoms with van der Waals surface area (Å²) in [6.45, 7) is 10.8. The highest BCUT2D eigenvalue weighted by molar-refractivity contribution is 5.68. The van der Waals surface area contributed by atoms with Gasteiger partial charge in [-0.3, -0.25) is 0 Å². The molecule has 1 aliphatic rings. The van der Waals surface area contributed by atoms with Crippen LogP contribution in [0.3, 0.4) is 0 Å². The summed E-state index contributed by atoms with van der Waals surface area (Å²) in [7, 11) is 1.88. The number of ether oxygens (including phenoxy) is 1. The number of aromatic nitrogens is 1. The first-order valence-electron chi connectivity index (χ1n) is 10.5. The zero-order chi connectivity index (χ0) is 21.7. The minimum atomic E-state index is -0.670. The van der Waals surface area contributed by atoms with Crippen LogP contribution < -0.4 is 16.0 Å². The molecule has 1 aliphatic carbocycles. The summed E-state index contributed by atoms with van der Waals surface area (Å²) in [6.07, 6.45) is 2.21. The number of amides is 1. The number of carbonyl (C=O) groups is 1. The molecule has 1 amide bonds. The van der Waals surface area contributed by atoms with Gasteiger partial charge in [0.25, 0.3) is 0 Å². The van der Waals surface area contributed by atoms with Gasteiger partial charge in [0.1, 0.15) is 19.1 Å². The van der Waals surface area contributed by atoms with Crippen LogP contribution in [-0.2, 0) is 4.74 Å². The van der Waals surface area contributed by atoms with Crippen LogP contribution in [-0.4, -0.2) is 44.0 Å². The molecule has 1 aromatic heterocycles. The second kappa shape index (κ2) is 9.63. The van der Waals surface area contributed by atoms with Crippen LogP contribution in [0.5, 0.6) is 0 Å². The quantitative estimate of drug-likeness (QED) is 0.596. The lowest BCUT2D eigenvalue weighted by atomic mass is 9.68. The van der Waals surface area contributed by atoms with Gasteiger partial charge in [0, 0.05) is 31.2 Å². The van der Waals surface area contributed by atoms with Crippen LogP contribution in [0, 0.1) is 10.8 Å². The number of rotatable bonds is 7. The van der Waals surface area contributed by atoms with E-state index in [0.717, 1.165) is 43.0 Å². The average molecular weight is 409 g/mol. The standard InChI is InChI=1S/C22H37FN4O2/c1-21(2,3)14-25-17-8-7-16(26-19(17)24-6)15-9-10-22(4,5)18(13-15)27-20(28)29-12-11-23/h7-8,15,18,25H,9-14H2,1-6H3,(H,24,26)(H,27,28). The molecule has 1 fully saturated rings. The molecule has 29 heavy (non-hydrogen) atoms. The first-order chi connectivity index (χ1) is 13.6. The van der Waals surface area contributed by atoms with Crippen LogP contribution in [0.2, 0.25) is 0 Å². The second-order valence-electron chi connectivity index (χ2n) is 9.78. The van der Waals surface area contributed by atoms with Gasteiger partial charge >= 0.3 is 6.09 Å². The highest BCUT2D eigenvalue weighted by Crippen LogP contribution is 2.43. The second-order valence-corrected chi connectivity index (χ2v) is 9.78. The van der Waals surface area contributed by atoms with Gasteiger partial charge in [0.05, 0.1) is 5.69 Å². The predicted octanol–water partition coefficient (Wildman–Crippen LogP) is 4.94. The minimum Gasteiger partial charge on any atom is -0.447 e. The molecule has 3 N–H and O–H groups in total. The third kappa shape index (κ3) is 6.75. The van der Waals surface area contributed by atoms with Crippen LogP contribution in [0.1, 0.15) is 65.5 Å². The van der Waals surface area contributed by atoms with Crippen LogP contribution in [0.15, 0.2) is 12.1 Å². The maximum absolute atomic E-state index is 12.3. The third-order valence-corrected chi connectivity index (χ3v) is 5.58. The zero-order valence-corrected chi connectivity index (χ0v) is 18.7. The van der Waals surface area contributed by atoms with Gasteiger partial charge in [-0.15, -0.1) is 0 Å². The summed E-state index contributed by atoms with van der Waals surface area (Å²) in [6, 6.07) is 4.11.